The van der Waals surface area contributed by atoms with Crippen molar-refractivity contribution in [1.29, 1.82) is 0 Å². The van der Waals surface area contributed by atoms with E-state index in [0.29, 0.717) is 24.3 Å². The quantitative estimate of drug-likeness (QED) is 0.784. The van der Waals surface area contributed by atoms with Crippen LogP contribution in [0.5, 0.6) is 11.5 Å². The molecule has 0 aliphatic rings. The fourth-order valence-electron chi connectivity index (χ4n) is 1.95. The molecule has 104 valence electrons. The van der Waals surface area contributed by atoms with Crippen molar-refractivity contribution in [3.8, 4) is 11.5 Å². The zero-order valence-corrected chi connectivity index (χ0v) is 11.8. The van der Waals surface area contributed by atoms with Crippen LogP contribution in [-0.4, -0.2) is 18.4 Å². The van der Waals surface area contributed by atoms with Gasteiger partial charge in [0.25, 0.3) is 0 Å². The molecular formula is C16H17NO3. The van der Waals surface area contributed by atoms with Crippen LogP contribution in [0.25, 0.3) is 0 Å². The Morgan fingerprint density at radius 2 is 1.90 bits per heavy atom. The summed E-state index contributed by atoms with van der Waals surface area (Å²) in [6.07, 6.45) is 0.704. The van der Waals surface area contributed by atoms with Crippen molar-refractivity contribution < 1.29 is 14.3 Å². The van der Waals surface area contributed by atoms with E-state index in [-0.39, 0.29) is 0 Å². The highest BCUT2D eigenvalue weighted by molar-refractivity contribution is 5.76. The maximum Gasteiger partial charge on any atom is 0.172 e. The molecule has 0 aliphatic carbocycles. The van der Waals surface area contributed by atoms with Gasteiger partial charge in [-0.25, -0.2) is 4.98 Å². The number of carbonyl (C=O) groups is 1. The molecule has 0 bridgehead atoms. The van der Waals surface area contributed by atoms with Gasteiger partial charge in [-0.1, -0.05) is 11.6 Å². The van der Waals surface area contributed by atoms with Crippen LogP contribution in [0.15, 0.2) is 30.3 Å². The first-order chi connectivity index (χ1) is 9.63. The number of ether oxygens (including phenoxy) is 2. The Hall–Kier alpha value is -2.36. The van der Waals surface area contributed by atoms with E-state index in [2.05, 4.69) is 4.98 Å². The lowest BCUT2D eigenvalue weighted by Crippen LogP contribution is -2.02. The molecule has 4 heteroatoms. The van der Waals surface area contributed by atoms with Gasteiger partial charge in [-0.05, 0) is 38.1 Å². The first kappa shape index (κ1) is 14.1. The number of rotatable bonds is 5. The van der Waals surface area contributed by atoms with Crippen LogP contribution in [0.1, 0.15) is 27.3 Å². The van der Waals surface area contributed by atoms with Crippen molar-refractivity contribution in [2.24, 2.45) is 0 Å². The van der Waals surface area contributed by atoms with E-state index in [0.717, 1.165) is 22.6 Å². The van der Waals surface area contributed by atoms with Gasteiger partial charge in [0, 0.05) is 11.3 Å². The largest absolute Gasteiger partial charge is 0.496 e. The summed E-state index contributed by atoms with van der Waals surface area (Å²) in [7, 11) is 1.62. The van der Waals surface area contributed by atoms with Crippen molar-refractivity contribution in [1.82, 2.24) is 4.98 Å². The van der Waals surface area contributed by atoms with Gasteiger partial charge in [0.05, 0.1) is 7.11 Å². The molecule has 1 aromatic carbocycles. The zero-order chi connectivity index (χ0) is 14.5. The van der Waals surface area contributed by atoms with Crippen molar-refractivity contribution in [3.63, 3.8) is 0 Å². The number of hydrogen-bond acceptors (Lipinski definition) is 4. The molecule has 4 nitrogen and oxygen atoms in total. The normalized spacial score (nSPS) is 10.2. The molecule has 0 spiro atoms. The molecule has 0 fully saturated rings. The van der Waals surface area contributed by atoms with Gasteiger partial charge in [0.2, 0.25) is 0 Å². The Kier molecular flexibility index (Phi) is 4.35. The fourth-order valence-corrected chi connectivity index (χ4v) is 1.95. The number of methoxy groups -OCH3 is 1. The summed E-state index contributed by atoms with van der Waals surface area (Å²) >= 11 is 0. The minimum atomic E-state index is 0.316. The van der Waals surface area contributed by atoms with Gasteiger partial charge in [0.1, 0.15) is 23.8 Å². The average Bonchev–Trinajstić information content (AvgIpc) is 2.46. The van der Waals surface area contributed by atoms with Gasteiger partial charge < -0.3 is 9.47 Å². The number of carbonyl (C=O) groups excluding carboxylic acids is 1. The van der Waals surface area contributed by atoms with Gasteiger partial charge in [-0.15, -0.1) is 0 Å². The predicted molar refractivity (Wildman–Crippen MR) is 76.4 cm³/mol. The molecule has 0 radical (unpaired) electrons. The third-order valence-electron chi connectivity index (χ3n) is 2.96. The van der Waals surface area contributed by atoms with E-state index in [1.165, 1.54) is 0 Å². The second kappa shape index (κ2) is 6.19. The Labute approximate surface area is 118 Å². The third kappa shape index (κ3) is 3.15. The molecule has 0 saturated heterocycles. The number of nitrogens with zero attached hydrogens (tertiary/aromatic N) is 1. The minimum absolute atomic E-state index is 0.316. The second-order valence-corrected chi connectivity index (χ2v) is 4.56. The molecule has 0 amide bonds. The molecular weight excluding hydrogens is 254 g/mol. The van der Waals surface area contributed by atoms with Crippen LogP contribution in [0.3, 0.4) is 0 Å². The van der Waals surface area contributed by atoms with E-state index in [1.807, 2.05) is 38.1 Å². The smallest absolute Gasteiger partial charge is 0.172 e. The first-order valence-electron chi connectivity index (χ1n) is 6.33. The monoisotopic (exact) mass is 271 g/mol. The highest BCUT2D eigenvalue weighted by Crippen LogP contribution is 2.23. The van der Waals surface area contributed by atoms with E-state index >= 15 is 0 Å². The summed E-state index contributed by atoms with van der Waals surface area (Å²) in [5.41, 5.74) is 3.16. The Morgan fingerprint density at radius 3 is 2.60 bits per heavy atom. The lowest BCUT2D eigenvalue weighted by molar-refractivity contribution is 0.111. The van der Waals surface area contributed by atoms with Crippen molar-refractivity contribution >= 4 is 6.29 Å². The van der Waals surface area contributed by atoms with Crippen LogP contribution in [0.4, 0.5) is 0 Å². The molecule has 1 aromatic heterocycles. The molecule has 0 unspecified atom stereocenters. The molecule has 2 rings (SSSR count). The Balaban J connectivity index is 2.20. The van der Waals surface area contributed by atoms with Crippen molar-refractivity contribution in [3.05, 3.63) is 52.8 Å². The third-order valence-corrected chi connectivity index (χ3v) is 2.96. The summed E-state index contributed by atoms with van der Waals surface area (Å²) in [6, 6.07) is 9.46. The number of aryl methyl sites for hydroxylation is 2. The Bertz CT molecular complexity index is 623. The van der Waals surface area contributed by atoms with E-state index < -0.39 is 0 Å². The SMILES string of the molecule is COc1ccc(C)cc1COc1ccc(C)nc1C=O. The van der Waals surface area contributed by atoms with Gasteiger partial charge >= 0.3 is 0 Å². The first-order valence-corrected chi connectivity index (χ1v) is 6.33. The molecule has 0 N–H and O–H groups in total. The van der Waals surface area contributed by atoms with Gasteiger partial charge in [-0.3, -0.25) is 4.79 Å². The lowest BCUT2D eigenvalue weighted by atomic mass is 10.1. The van der Waals surface area contributed by atoms with Crippen molar-refractivity contribution in [2.75, 3.05) is 7.11 Å². The van der Waals surface area contributed by atoms with Crippen LogP contribution in [-0.2, 0) is 6.61 Å². The lowest BCUT2D eigenvalue weighted by Gasteiger charge is -2.12. The standard InChI is InChI=1S/C16H17NO3/c1-11-4-6-15(19-3)13(8-11)10-20-16-7-5-12(2)17-14(16)9-18/h4-9H,10H2,1-3H3. The summed E-state index contributed by atoms with van der Waals surface area (Å²) in [5, 5.41) is 0. The molecule has 0 atom stereocenters. The second-order valence-electron chi connectivity index (χ2n) is 4.56. The maximum atomic E-state index is 11.0. The van der Waals surface area contributed by atoms with Crippen LogP contribution < -0.4 is 9.47 Å². The molecule has 0 saturated carbocycles. The molecule has 1 heterocycles. The van der Waals surface area contributed by atoms with Crippen LogP contribution in [0, 0.1) is 13.8 Å². The summed E-state index contributed by atoms with van der Waals surface area (Å²) in [6.45, 7) is 4.17. The van der Waals surface area contributed by atoms with E-state index in [9.17, 15) is 4.79 Å². The molecule has 0 aliphatic heterocycles. The highest BCUT2D eigenvalue weighted by atomic mass is 16.5. The molecule has 2 aromatic rings. The fraction of sp³-hybridized carbons (Fsp3) is 0.250. The Morgan fingerprint density at radius 1 is 1.15 bits per heavy atom. The van der Waals surface area contributed by atoms with E-state index in [1.54, 1.807) is 13.2 Å². The number of aromatic nitrogens is 1. The summed E-state index contributed by atoms with van der Waals surface area (Å²) < 4.78 is 11.0. The highest BCUT2D eigenvalue weighted by Gasteiger charge is 2.08. The molecule has 20 heavy (non-hydrogen) atoms. The minimum Gasteiger partial charge on any atom is -0.496 e. The number of benzene rings is 1. The van der Waals surface area contributed by atoms with Crippen LogP contribution >= 0.6 is 0 Å². The maximum absolute atomic E-state index is 11.0. The summed E-state index contributed by atoms with van der Waals surface area (Å²) in [5.74, 6) is 1.25. The number of aldehydes is 1. The van der Waals surface area contributed by atoms with Crippen molar-refractivity contribution in [2.45, 2.75) is 20.5 Å². The summed E-state index contributed by atoms with van der Waals surface area (Å²) in [4.78, 5) is 15.1. The topological polar surface area (TPSA) is 48.4 Å². The van der Waals surface area contributed by atoms with Gasteiger partial charge in [0.15, 0.2) is 6.29 Å². The average molecular weight is 271 g/mol. The zero-order valence-electron chi connectivity index (χ0n) is 11.8. The number of hydrogen-bond donors (Lipinski definition) is 0. The predicted octanol–water partition coefficient (Wildman–Crippen LogP) is 3.10. The van der Waals surface area contributed by atoms with Crippen LogP contribution in [0.2, 0.25) is 0 Å². The number of pyridine rings is 1. The van der Waals surface area contributed by atoms with Gasteiger partial charge in [-0.2, -0.15) is 0 Å². The van der Waals surface area contributed by atoms with E-state index in [4.69, 9.17) is 9.47 Å².